The van der Waals surface area contributed by atoms with Crippen molar-refractivity contribution in [3.8, 4) is 11.3 Å². The molecule has 2 rings (SSSR count). The van der Waals surface area contributed by atoms with E-state index >= 15 is 0 Å². The van der Waals surface area contributed by atoms with Crippen LogP contribution in [0.4, 0.5) is 13.2 Å². The first-order chi connectivity index (χ1) is 7.59. The first-order valence-corrected chi connectivity index (χ1v) is 4.45. The van der Waals surface area contributed by atoms with Crippen molar-refractivity contribution in [3.63, 3.8) is 0 Å². The lowest BCUT2D eigenvalue weighted by atomic mass is 10.1. The molecule has 2 aromatic rings. The van der Waals surface area contributed by atoms with Gasteiger partial charge in [-0.25, -0.2) is 4.98 Å². The van der Waals surface area contributed by atoms with E-state index in [0.29, 0.717) is 0 Å². The van der Waals surface area contributed by atoms with Gasteiger partial charge in [0.1, 0.15) is 0 Å². The van der Waals surface area contributed by atoms with Crippen LogP contribution in [0, 0.1) is 6.20 Å². The highest BCUT2D eigenvalue weighted by Gasteiger charge is 2.35. The van der Waals surface area contributed by atoms with Gasteiger partial charge in [-0.1, -0.05) is 6.07 Å². The van der Waals surface area contributed by atoms with Crippen LogP contribution in [0.3, 0.4) is 0 Å². The molecule has 1 radical (unpaired) electrons. The molecule has 0 aliphatic rings. The zero-order valence-corrected chi connectivity index (χ0v) is 7.99. The van der Waals surface area contributed by atoms with E-state index in [2.05, 4.69) is 16.2 Å². The minimum atomic E-state index is -4.48. The second-order valence-corrected chi connectivity index (χ2v) is 3.05. The lowest BCUT2D eigenvalue weighted by molar-refractivity contribution is -0.140. The fourth-order valence-electron chi connectivity index (χ4n) is 1.31. The van der Waals surface area contributed by atoms with Crippen LogP contribution in [0.25, 0.3) is 11.3 Å². The van der Waals surface area contributed by atoms with Crippen molar-refractivity contribution in [2.75, 3.05) is 0 Å². The summed E-state index contributed by atoms with van der Waals surface area (Å²) in [6.45, 7) is 0. The maximum absolute atomic E-state index is 12.6. The summed E-state index contributed by atoms with van der Waals surface area (Å²) < 4.78 is 37.9. The van der Waals surface area contributed by atoms with Gasteiger partial charge in [0, 0.05) is 11.8 Å². The molecule has 0 fully saturated rings. The molecule has 2 nitrogen and oxygen atoms in total. The van der Waals surface area contributed by atoms with Gasteiger partial charge >= 0.3 is 6.18 Å². The highest BCUT2D eigenvalue weighted by atomic mass is 19.4. The molecule has 2 aromatic heterocycles. The normalized spacial score (nSPS) is 11.4. The molecule has 0 bridgehead atoms. The predicted octanol–water partition coefficient (Wildman–Crippen LogP) is 2.96. The summed E-state index contributed by atoms with van der Waals surface area (Å²) in [6, 6.07) is 7.37. The third-order valence-electron chi connectivity index (χ3n) is 1.96. The van der Waals surface area contributed by atoms with Gasteiger partial charge in [-0.3, -0.25) is 4.98 Å². The van der Waals surface area contributed by atoms with Crippen LogP contribution in [0.15, 0.2) is 36.5 Å². The van der Waals surface area contributed by atoms with Crippen molar-refractivity contribution < 1.29 is 13.2 Å². The Morgan fingerprint density at radius 1 is 1.12 bits per heavy atom. The molecular weight excluding hydrogens is 217 g/mol. The van der Waals surface area contributed by atoms with Gasteiger partial charge in [-0.05, 0) is 24.3 Å². The standard InChI is InChI=1S/C11H6F3N2/c12-11(13,14)10-8(4-3-7-16-10)9-5-1-2-6-15-9/h1-5,7H. The summed E-state index contributed by atoms with van der Waals surface area (Å²) in [6.07, 6.45) is -0.875. The average Bonchev–Trinajstić information content (AvgIpc) is 2.29. The summed E-state index contributed by atoms with van der Waals surface area (Å²) >= 11 is 0. The van der Waals surface area contributed by atoms with Gasteiger partial charge < -0.3 is 0 Å². The Labute approximate surface area is 89.8 Å². The topological polar surface area (TPSA) is 25.8 Å². The van der Waals surface area contributed by atoms with Gasteiger partial charge in [0.05, 0.1) is 11.9 Å². The van der Waals surface area contributed by atoms with Crippen LogP contribution in [0.2, 0.25) is 0 Å². The van der Waals surface area contributed by atoms with Gasteiger partial charge in [-0.2, -0.15) is 13.2 Å². The molecule has 0 aliphatic carbocycles. The third-order valence-corrected chi connectivity index (χ3v) is 1.96. The molecular formula is C11H6F3N2. The Bertz CT molecular complexity index is 480. The molecule has 0 atom stereocenters. The third kappa shape index (κ3) is 2.03. The van der Waals surface area contributed by atoms with Crippen molar-refractivity contribution in [2.24, 2.45) is 0 Å². The molecule has 16 heavy (non-hydrogen) atoms. The molecule has 0 N–H and O–H groups in total. The smallest absolute Gasteiger partial charge is 0.251 e. The van der Waals surface area contributed by atoms with Gasteiger partial charge in [0.15, 0.2) is 5.69 Å². The van der Waals surface area contributed by atoms with Crippen molar-refractivity contribution in [1.82, 2.24) is 9.97 Å². The fourth-order valence-corrected chi connectivity index (χ4v) is 1.31. The summed E-state index contributed by atoms with van der Waals surface area (Å²) in [4.78, 5) is 7.11. The second kappa shape index (κ2) is 3.92. The number of nitrogens with zero attached hydrogens (tertiary/aromatic N) is 2. The van der Waals surface area contributed by atoms with Crippen LogP contribution in [0.1, 0.15) is 5.69 Å². The monoisotopic (exact) mass is 223 g/mol. The average molecular weight is 223 g/mol. The van der Waals surface area contributed by atoms with Crippen molar-refractivity contribution in [2.45, 2.75) is 6.18 Å². The summed E-state index contributed by atoms with van der Waals surface area (Å²) in [5.74, 6) is 0. The van der Waals surface area contributed by atoms with Gasteiger partial charge in [0.25, 0.3) is 0 Å². The Balaban J connectivity index is 2.58. The molecule has 0 aromatic carbocycles. The number of alkyl halides is 3. The zero-order valence-electron chi connectivity index (χ0n) is 7.99. The molecule has 5 heteroatoms. The van der Waals surface area contributed by atoms with Crippen LogP contribution in [-0.4, -0.2) is 9.97 Å². The molecule has 0 saturated carbocycles. The maximum Gasteiger partial charge on any atom is 0.434 e. The van der Waals surface area contributed by atoms with E-state index in [1.807, 2.05) is 0 Å². The minimum Gasteiger partial charge on any atom is -0.251 e. The summed E-state index contributed by atoms with van der Waals surface area (Å²) in [5, 5.41) is 0. The Kier molecular flexibility index (Phi) is 2.60. The Morgan fingerprint density at radius 2 is 1.94 bits per heavy atom. The summed E-state index contributed by atoms with van der Waals surface area (Å²) in [5.41, 5.74) is -0.753. The largest absolute Gasteiger partial charge is 0.434 e. The van der Waals surface area contributed by atoms with Crippen LogP contribution in [0.5, 0.6) is 0 Å². The molecule has 0 spiro atoms. The molecule has 0 saturated heterocycles. The second-order valence-electron chi connectivity index (χ2n) is 3.05. The zero-order chi connectivity index (χ0) is 11.6. The van der Waals surface area contributed by atoms with Crippen LogP contribution in [-0.2, 0) is 6.18 Å². The van der Waals surface area contributed by atoms with E-state index in [1.54, 1.807) is 6.07 Å². The van der Waals surface area contributed by atoms with Gasteiger partial charge in [-0.15, -0.1) is 0 Å². The number of aromatic nitrogens is 2. The van der Waals surface area contributed by atoms with E-state index in [9.17, 15) is 13.2 Å². The number of rotatable bonds is 1. The quantitative estimate of drug-likeness (QED) is 0.742. The number of pyridine rings is 2. The van der Waals surface area contributed by atoms with E-state index in [1.165, 1.54) is 24.3 Å². The Hall–Kier alpha value is -1.91. The van der Waals surface area contributed by atoms with E-state index < -0.39 is 11.9 Å². The number of halogens is 3. The number of hydrogen-bond acceptors (Lipinski definition) is 2. The van der Waals surface area contributed by atoms with Crippen molar-refractivity contribution >= 4 is 0 Å². The van der Waals surface area contributed by atoms with Crippen LogP contribution >= 0.6 is 0 Å². The molecule has 0 amide bonds. The lowest BCUT2D eigenvalue weighted by Gasteiger charge is -2.10. The molecule has 0 unspecified atom stereocenters. The molecule has 0 aliphatic heterocycles. The van der Waals surface area contributed by atoms with Gasteiger partial charge in [0.2, 0.25) is 0 Å². The maximum atomic E-state index is 12.6. The van der Waals surface area contributed by atoms with Crippen molar-refractivity contribution in [3.05, 3.63) is 48.4 Å². The highest BCUT2D eigenvalue weighted by molar-refractivity contribution is 5.62. The summed E-state index contributed by atoms with van der Waals surface area (Å²) in [7, 11) is 0. The van der Waals surface area contributed by atoms with E-state index in [0.717, 1.165) is 6.20 Å². The molecule has 2 heterocycles. The fraction of sp³-hybridized carbons (Fsp3) is 0.0909. The first-order valence-electron chi connectivity index (χ1n) is 4.45. The van der Waals surface area contributed by atoms with E-state index in [4.69, 9.17) is 0 Å². The highest BCUT2D eigenvalue weighted by Crippen LogP contribution is 2.34. The predicted molar refractivity (Wildman–Crippen MR) is 51.3 cm³/mol. The minimum absolute atomic E-state index is 0.0353. The lowest BCUT2D eigenvalue weighted by Crippen LogP contribution is -2.10. The van der Waals surface area contributed by atoms with E-state index in [-0.39, 0.29) is 11.3 Å². The Morgan fingerprint density at radius 3 is 2.56 bits per heavy atom. The first kappa shape index (κ1) is 10.6. The van der Waals surface area contributed by atoms with Crippen molar-refractivity contribution in [1.29, 1.82) is 0 Å². The van der Waals surface area contributed by atoms with Crippen LogP contribution < -0.4 is 0 Å². The number of hydrogen-bond donors (Lipinski definition) is 0. The SMILES string of the molecule is FC(F)(F)c1ncccc1-c1ccc[c]n1. The molecule has 81 valence electrons.